The smallest absolute Gasteiger partial charge is 0.416 e. The van der Waals surface area contributed by atoms with E-state index in [2.05, 4.69) is 0 Å². The van der Waals surface area contributed by atoms with Gasteiger partial charge in [-0.1, -0.05) is 18.5 Å². The van der Waals surface area contributed by atoms with E-state index in [0.717, 1.165) is 24.3 Å². The van der Waals surface area contributed by atoms with Crippen LogP contribution in [-0.4, -0.2) is 59.5 Å². The van der Waals surface area contributed by atoms with Crippen LogP contribution in [0.1, 0.15) is 43.1 Å². The summed E-state index contributed by atoms with van der Waals surface area (Å²) in [4.78, 5) is 39.0. The van der Waals surface area contributed by atoms with Crippen LogP contribution in [0.15, 0.2) is 36.4 Å². The standard InChI is InChI=1S/C24H27ClF3N3O6/c1-4-11-30(12-13-36-23(33)29(5-2)6-3)22(32)18-15-17(8-9-20(18)31(34)35)37-21-10-7-16(14-19(21)25)24(26,27)28/h7-10,14-15H,4-6,11-13H2,1-3H3. The molecule has 0 aliphatic rings. The maximum atomic E-state index is 13.3. The Morgan fingerprint density at radius 2 is 1.70 bits per heavy atom. The molecule has 0 bridgehead atoms. The van der Waals surface area contributed by atoms with E-state index in [9.17, 15) is 32.9 Å². The molecular formula is C24H27ClF3N3O6. The number of carbonyl (C=O) groups excluding carboxylic acids is 2. The minimum absolute atomic E-state index is 0.00729. The zero-order chi connectivity index (χ0) is 27.8. The van der Waals surface area contributed by atoms with Gasteiger partial charge in [0.2, 0.25) is 0 Å². The molecule has 0 saturated heterocycles. The second kappa shape index (κ2) is 13.1. The molecule has 0 fully saturated rings. The molecule has 202 valence electrons. The van der Waals surface area contributed by atoms with Crippen molar-refractivity contribution in [3.05, 3.63) is 62.7 Å². The van der Waals surface area contributed by atoms with Crippen LogP contribution in [-0.2, 0) is 10.9 Å². The number of carbonyl (C=O) groups is 2. The van der Waals surface area contributed by atoms with E-state index in [1.807, 2.05) is 6.92 Å². The number of nitro groups is 1. The van der Waals surface area contributed by atoms with Crippen LogP contribution >= 0.6 is 11.6 Å². The topological polar surface area (TPSA) is 102 Å². The zero-order valence-electron chi connectivity index (χ0n) is 20.5. The lowest BCUT2D eigenvalue weighted by Gasteiger charge is -2.23. The summed E-state index contributed by atoms with van der Waals surface area (Å²) in [6.07, 6.45) is -4.61. The number of nitrogens with zero attached hydrogens (tertiary/aromatic N) is 3. The summed E-state index contributed by atoms with van der Waals surface area (Å²) in [5.41, 5.74) is -1.76. The average Bonchev–Trinajstić information content (AvgIpc) is 2.84. The third-order valence-electron chi connectivity index (χ3n) is 5.27. The maximum Gasteiger partial charge on any atom is 0.416 e. The number of benzene rings is 2. The first-order chi connectivity index (χ1) is 17.4. The monoisotopic (exact) mass is 545 g/mol. The van der Waals surface area contributed by atoms with Gasteiger partial charge in [0.15, 0.2) is 0 Å². The fraction of sp³-hybridized carbons (Fsp3) is 0.417. The van der Waals surface area contributed by atoms with Crippen molar-refractivity contribution in [1.82, 2.24) is 9.80 Å². The number of alkyl halides is 3. The van der Waals surface area contributed by atoms with Gasteiger partial charge in [-0.05, 0) is 44.5 Å². The fourth-order valence-corrected chi connectivity index (χ4v) is 3.59. The second-order valence-corrected chi connectivity index (χ2v) is 8.17. The highest BCUT2D eigenvalue weighted by Gasteiger charge is 2.31. The first kappa shape index (κ1) is 29.7. The molecular weight excluding hydrogens is 519 g/mol. The Kier molecular flexibility index (Phi) is 10.5. The third kappa shape index (κ3) is 7.97. The number of halogens is 4. The van der Waals surface area contributed by atoms with Gasteiger partial charge in [0.05, 0.1) is 22.1 Å². The molecule has 9 nitrogen and oxygen atoms in total. The molecule has 0 aliphatic carbocycles. The van der Waals surface area contributed by atoms with Crippen molar-refractivity contribution in [2.75, 3.05) is 32.8 Å². The molecule has 0 saturated carbocycles. The minimum atomic E-state index is -4.60. The van der Waals surface area contributed by atoms with Gasteiger partial charge < -0.3 is 19.3 Å². The molecule has 0 N–H and O–H groups in total. The molecule has 0 unspecified atom stereocenters. The minimum Gasteiger partial charge on any atom is -0.456 e. The summed E-state index contributed by atoms with van der Waals surface area (Å²) in [7, 11) is 0. The summed E-state index contributed by atoms with van der Waals surface area (Å²) in [6, 6.07) is 5.88. The number of ether oxygens (including phenoxy) is 2. The Morgan fingerprint density at radius 1 is 1.03 bits per heavy atom. The predicted molar refractivity (Wildman–Crippen MR) is 130 cm³/mol. The summed E-state index contributed by atoms with van der Waals surface area (Å²) in [5, 5.41) is 11.3. The van der Waals surface area contributed by atoms with Crippen LogP contribution in [0.4, 0.5) is 23.7 Å². The molecule has 0 atom stereocenters. The molecule has 2 aromatic carbocycles. The molecule has 0 heterocycles. The van der Waals surface area contributed by atoms with Crippen LogP contribution in [0.25, 0.3) is 0 Å². The Bertz CT molecular complexity index is 1130. The molecule has 37 heavy (non-hydrogen) atoms. The van der Waals surface area contributed by atoms with Crippen molar-refractivity contribution in [2.24, 2.45) is 0 Å². The number of amides is 2. The van der Waals surface area contributed by atoms with E-state index in [1.165, 1.54) is 15.9 Å². The highest BCUT2D eigenvalue weighted by atomic mass is 35.5. The van der Waals surface area contributed by atoms with Crippen LogP contribution < -0.4 is 4.74 Å². The van der Waals surface area contributed by atoms with Gasteiger partial charge in [0, 0.05) is 31.8 Å². The summed E-state index contributed by atoms with van der Waals surface area (Å²) >= 11 is 5.93. The van der Waals surface area contributed by atoms with Gasteiger partial charge in [-0.25, -0.2) is 4.79 Å². The first-order valence-corrected chi connectivity index (χ1v) is 11.8. The molecule has 2 amide bonds. The first-order valence-electron chi connectivity index (χ1n) is 11.5. The van der Waals surface area contributed by atoms with Crippen molar-refractivity contribution in [3.8, 4) is 11.5 Å². The molecule has 2 aromatic rings. The normalized spacial score (nSPS) is 11.1. The van der Waals surface area contributed by atoms with Gasteiger partial charge in [0.25, 0.3) is 11.6 Å². The van der Waals surface area contributed by atoms with Crippen molar-refractivity contribution in [2.45, 2.75) is 33.4 Å². The number of hydrogen-bond acceptors (Lipinski definition) is 6. The zero-order valence-corrected chi connectivity index (χ0v) is 21.3. The maximum absolute atomic E-state index is 13.3. The van der Waals surface area contributed by atoms with Crippen LogP contribution in [0.5, 0.6) is 11.5 Å². The molecule has 2 rings (SSSR count). The van der Waals surface area contributed by atoms with Crippen LogP contribution in [0.3, 0.4) is 0 Å². The van der Waals surface area contributed by atoms with E-state index in [-0.39, 0.29) is 41.8 Å². The van der Waals surface area contributed by atoms with Crippen molar-refractivity contribution in [1.29, 1.82) is 0 Å². The molecule has 0 aliphatic heterocycles. The Morgan fingerprint density at radius 3 is 2.24 bits per heavy atom. The van der Waals surface area contributed by atoms with Gasteiger partial charge in [-0.3, -0.25) is 14.9 Å². The number of rotatable bonds is 11. The Labute approximate surface area is 216 Å². The Balaban J connectivity index is 2.29. The van der Waals surface area contributed by atoms with E-state index >= 15 is 0 Å². The molecule has 0 aromatic heterocycles. The van der Waals surface area contributed by atoms with Crippen LogP contribution in [0.2, 0.25) is 5.02 Å². The van der Waals surface area contributed by atoms with E-state index in [0.29, 0.717) is 25.6 Å². The second-order valence-electron chi connectivity index (χ2n) is 7.76. The fourth-order valence-electron chi connectivity index (χ4n) is 3.37. The number of hydrogen-bond donors (Lipinski definition) is 0. The van der Waals surface area contributed by atoms with Crippen molar-refractivity contribution >= 4 is 29.3 Å². The SMILES string of the molecule is CCCN(CCOC(=O)N(CC)CC)C(=O)c1cc(Oc2ccc(C(F)(F)F)cc2Cl)ccc1[N+](=O)[O-]. The van der Waals surface area contributed by atoms with Gasteiger partial charge in [0.1, 0.15) is 23.7 Å². The summed E-state index contributed by atoms with van der Waals surface area (Å²) < 4.78 is 49.5. The summed E-state index contributed by atoms with van der Waals surface area (Å²) in [6.45, 7) is 6.41. The van der Waals surface area contributed by atoms with Gasteiger partial charge in [-0.15, -0.1) is 0 Å². The van der Waals surface area contributed by atoms with Gasteiger partial charge >= 0.3 is 12.3 Å². The lowest BCUT2D eigenvalue weighted by atomic mass is 10.1. The highest BCUT2D eigenvalue weighted by molar-refractivity contribution is 6.32. The van der Waals surface area contributed by atoms with E-state index < -0.39 is 34.4 Å². The third-order valence-corrected chi connectivity index (χ3v) is 5.57. The average molecular weight is 546 g/mol. The van der Waals surface area contributed by atoms with Crippen molar-refractivity contribution in [3.63, 3.8) is 0 Å². The van der Waals surface area contributed by atoms with Crippen molar-refractivity contribution < 1.29 is 37.2 Å². The molecule has 13 heteroatoms. The molecule has 0 radical (unpaired) electrons. The van der Waals surface area contributed by atoms with Gasteiger partial charge in [-0.2, -0.15) is 13.2 Å². The highest BCUT2D eigenvalue weighted by Crippen LogP contribution is 2.37. The molecule has 0 spiro atoms. The Hall–Kier alpha value is -3.54. The lowest BCUT2D eigenvalue weighted by Crippen LogP contribution is -2.37. The van der Waals surface area contributed by atoms with E-state index in [1.54, 1.807) is 13.8 Å². The number of nitro benzene ring substituents is 1. The summed E-state index contributed by atoms with van der Waals surface area (Å²) in [5.74, 6) is -0.868. The van der Waals surface area contributed by atoms with Crippen LogP contribution in [0, 0.1) is 10.1 Å². The lowest BCUT2D eigenvalue weighted by molar-refractivity contribution is -0.385. The van der Waals surface area contributed by atoms with E-state index in [4.69, 9.17) is 21.1 Å². The predicted octanol–water partition coefficient (Wildman–Crippen LogP) is 6.39. The quantitative estimate of drug-likeness (QED) is 0.239. The largest absolute Gasteiger partial charge is 0.456 e.